The van der Waals surface area contributed by atoms with Crippen LogP contribution in [0.5, 0.6) is 0 Å². The molecule has 1 fully saturated rings. The number of nitrogens with one attached hydrogen (secondary N) is 1. The van der Waals surface area contributed by atoms with E-state index in [4.69, 9.17) is 5.73 Å². The van der Waals surface area contributed by atoms with Gasteiger partial charge in [-0.15, -0.1) is 16.8 Å². The number of hydrogen-bond acceptors (Lipinski definition) is 5. The Hall–Kier alpha value is -1.64. The summed E-state index contributed by atoms with van der Waals surface area (Å²) in [5.74, 6) is 0.128. The normalized spacial score (nSPS) is 19.5. The summed E-state index contributed by atoms with van der Waals surface area (Å²) in [7, 11) is -2.01. The molecular weight excluding hydrogens is 364 g/mol. The maximum atomic E-state index is 12.4. The highest BCUT2D eigenvalue weighted by atomic mass is 35.5. The number of nitrogens with two attached hydrogens (primary N) is 1. The van der Waals surface area contributed by atoms with Crippen LogP contribution < -0.4 is 11.1 Å². The van der Waals surface area contributed by atoms with Gasteiger partial charge in [-0.2, -0.15) is 8.42 Å². The van der Waals surface area contributed by atoms with Gasteiger partial charge in [0.25, 0.3) is 10.0 Å². The molecule has 7 nitrogen and oxygen atoms in total. The summed E-state index contributed by atoms with van der Waals surface area (Å²) in [6, 6.07) is 6.64. The maximum absolute atomic E-state index is 12.4. The first-order chi connectivity index (χ1) is 11.4. The number of halogens is 1. The Morgan fingerprint density at radius 3 is 2.60 bits per heavy atom. The molecule has 1 aliphatic heterocycles. The summed E-state index contributed by atoms with van der Waals surface area (Å²) >= 11 is 0. The summed E-state index contributed by atoms with van der Waals surface area (Å²) < 4.78 is 28.0. The molecule has 0 saturated heterocycles. The lowest BCUT2D eigenvalue weighted by atomic mass is 9.98. The van der Waals surface area contributed by atoms with E-state index in [-0.39, 0.29) is 35.3 Å². The van der Waals surface area contributed by atoms with Crippen LogP contribution in [0.2, 0.25) is 0 Å². The lowest BCUT2D eigenvalue weighted by molar-refractivity contribution is -0.123. The highest BCUT2D eigenvalue weighted by Crippen LogP contribution is 2.29. The fourth-order valence-corrected chi connectivity index (χ4v) is 4.67. The third-order valence-electron chi connectivity index (χ3n) is 4.71. The minimum Gasteiger partial charge on any atom is -0.349 e. The van der Waals surface area contributed by atoms with Crippen molar-refractivity contribution in [3.8, 4) is 0 Å². The predicted molar refractivity (Wildman–Crippen MR) is 98.4 cm³/mol. The smallest absolute Gasteiger partial charge is 0.285 e. The number of benzene rings is 1. The Morgan fingerprint density at radius 1 is 1.32 bits per heavy atom. The van der Waals surface area contributed by atoms with Crippen molar-refractivity contribution in [3.63, 3.8) is 0 Å². The van der Waals surface area contributed by atoms with Crippen LogP contribution in [0.15, 0.2) is 33.6 Å². The number of carbonyl (C=O) groups excluding carboxylic acids is 1. The molecule has 25 heavy (non-hydrogen) atoms. The van der Waals surface area contributed by atoms with E-state index in [2.05, 4.69) is 9.71 Å². The molecule has 1 aromatic carbocycles. The zero-order chi connectivity index (χ0) is 17.4. The molecule has 9 heteroatoms. The zero-order valence-electron chi connectivity index (χ0n) is 14.1. The molecule has 0 spiro atoms. The van der Waals surface area contributed by atoms with Crippen LogP contribution in [-0.4, -0.2) is 50.7 Å². The van der Waals surface area contributed by atoms with Crippen molar-refractivity contribution in [2.24, 2.45) is 10.1 Å². The second-order valence-corrected chi connectivity index (χ2v) is 8.05. The van der Waals surface area contributed by atoms with E-state index >= 15 is 0 Å². The molecule has 0 bridgehead atoms. The second-order valence-electron chi connectivity index (χ2n) is 6.48. The number of rotatable bonds is 4. The Morgan fingerprint density at radius 2 is 1.96 bits per heavy atom. The van der Waals surface area contributed by atoms with Crippen molar-refractivity contribution in [2.45, 2.75) is 36.1 Å². The van der Waals surface area contributed by atoms with E-state index in [0.717, 1.165) is 25.7 Å². The van der Waals surface area contributed by atoms with Gasteiger partial charge in [-0.3, -0.25) is 4.79 Å². The molecule has 2 aliphatic rings. The maximum Gasteiger partial charge on any atom is 0.285 e. The SMILES string of the molecule is CN(CC(=O)NC1(CN)CCCC1)C1=NS(=O)(=O)c2ccccc21.Cl. The number of amidine groups is 1. The van der Waals surface area contributed by atoms with Crippen LogP contribution in [0.1, 0.15) is 31.2 Å². The van der Waals surface area contributed by atoms with Gasteiger partial charge in [0.15, 0.2) is 5.84 Å². The molecule has 138 valence electrons. The quantitative estimate of drug-likeness (QED) is 0.799. The lowest BCUT2D eigenvalue weighted by Gasteiger charge is -2.30. The van der Waals surface area contributed by atoms with Gasteiger partial charge in [-0.05, 0) is 25.0 Å². The van der Waals surface area contributed by atoms with Gasteiger partial charge in [0.1, 0.15) is 4.90 Å². The molecule has 1 aromatic rings. The molecule has 1 heterocycles. The number of amides is 1. The minimum absolute atomic E-state index is 0. The van der Waals surface area contributed by atoms with E-state index in [9.17, 15) is 13.2 Å². The number of nitrogens with zero attached hydrogens (tertiary/aromatic N) is 2. The monoisotopic (exact) mass is 386 g/mol. The first-order valence-corrected chi connectivity index (χ1v) is 9.47. The number of likely N-dealkylation sites (N-methyl/N-ethyl adjacent to an activating group) is 1. The molecule has 0 radical (unpaired) electrons. The van der Waals surface area contributed by atoms with E-state index in [1.807, 2.05) is 0 Å². The lowest BCUT2D eigenvalue weighted by Crippen LogP contribution is -2.54. The van der Waals surface area contributed by atoms with Gasteiger partial charge in [0.2, 0.25) is 5.91 Å². The first kappa shape index (κ1) is 19.7. The summed E-state index contributed by atoms with van der Waals surface area (Å²) in [5, 5.41) is 3.03. The summed E-state index contributed by atoms with van der Waals surface area (Å²) in [4.78, 5) is 14.1. The number of carbonyl (C=O) groups is 1. The Labute approximate surface area is 154 Å². The van der Waals surface area contributed by atoms with Gasteiger partial charge < -0.3 is 16.0 Å². The van der Waals surface area contributed by atoms with Crippen LogP contribution in [0, 0.1) is 0 Å². The topological polar surface area (TPSA) is 105 Å². The fourth-order valence-electron chi connectivity index (χ4n) is 3.42. The number of fused-ring (bicyclic) bond motifs is 1. The Bertz CT molecular complexity index is 788. The van der Waals surface area contributed by atoms with Gasteiger partial charge in [0, 0.05) is 19.2 Å². The molecule has 0 atom stereocenters. The van der Waals surface area contributed by atoms with Crippen molar-refractivity contribution in [3.05, 3.63) is 29.8 Å². The molecule has 0 unspecified atom stereocenters. The predicted octanol–water partition coefficient (Wildman–Crippen LogP) is 0.877. The van der Waals surface area contributed by atoms with Crippen molar-refractivity contribution in [2.75, 3.05) is 20.1 Å². The standard InChI is InChI=1S/C16H22N4O3S.ClH/c1-20(10-14(21)18-16(11-17)8-4-5-9-16)15-12-6-2-3-7-13(12)24(22,23)19-15;/h2-3,6-7H,4-5,8-11,17H2,1H3,(H,18,21);1H. The van der Waals surface area contributed by atoms with Crippen molar-refractivity contribution in [1.82, 2.24) is 10.2 Å². The van der Waals surface area contributed by atoms with Gasteiger partial charge >= 0.3 is 0 Å². The van der Waals surface area contributed by atoms with Gasteiger partial charge in [0.05, 0.1) is 12.1 Å². The fraction of sp³-hybridized carbons (Fsp3) is 0.500. The van der Waals surface area contributed by atoms with Crippen molar-refractivity contribution >= 4 is 34.2 Å². The van der Waals surface area contributed by atoms with E-state index in [1.54, 1.807) is 30.1 Å². The molecule has 3 rings (SSSR count). The van der Waals surface area contributed by atoms with Crippen LogP contribution in [0.3, 0.4) is 0 Å². The van der Waals surface area contributed by atoms with Crippen molar-refractivity contribution < 1.29 is 13.2 Å². The summed E-state index contributed by atoms with van der Waals surface area (Å²) in [5.41, 5.74) is 6.05. The largest absolute Gasteiger partial charge is 0.349 e. The van der Waals surface area contributed by atoms with Crippen molar-refractivity contribution in [1.29, 1.82) is 0 Å². The zero-order valence-corrected chi connectivity index (χ0v) is 15.7. The molecule has 3 N–H and O–H groups in total. The summed E-state index contributed by atoms with van der Waals surface area (Å²) in [6.07, 6.45) is 3.89. The third kappa shape index (κ3) is 3.80. The van der Waals surface area contributed by atoms with E-state index in [0.29, 0.717) is 17.9 Å². The van der Waals surface area contributed by atoms with Crippen LogP contribution >= 0.6 is 12.4 Å². The van der Waals surface area contributed by atoms with Gasteiger partial charge in [-0.25, -0.2) is 0 Å². The Balaban J connectivity index is 0.00000225. The third-order valence-corrected chi connectivity index (χ3v) is 6.04. The minimum atomic E-state index is -3.68. The molecule has 1 saturated carbocycles. The van der Waals surface area contributed by atoms with Crippen LogP contribution in [0.4, 0.5) is 0 Å². The van der Waals surface area contributed by atoms with Crippen LogP contribution in [-0.2, 0) is 14.8 Å². The highest BCUT2D eigenvalue weighted by Gasteiger charge is 2.35. The summed E-state index contributed by atoms with van der Waals surface area (Å²) in [6.45, 7) is 0.449. The molecule has 1 aliphatic carbocycles. The average Bonchev–Trinajstić information content (AvgIpc) is 3.11. The van der Waals surface area contributed by atoms with Crippen LogP contribution in [0.25, 0.3) is 0 Å². The highest BCUT2D eigenvalue weighted by molar-refractivity contribution is 7.90. The average molecular weight is 387 g/mol. The number of hydrogen-bond donors (Lipinski definition) is 2. The number of sulfonamides is 1. The van der Waals surface area contributed by atoms with E-state index in [1.165, 1.54) is 6.07 Å². The first-order valence-electron chi connectivity index (χ1n) is 8.03. The molecular formula is C16H23ClN4O3S. The van der Waals surface area contributed by atoms with E-state index < -0.39 is 10.0 Å². The Kier molecular flexibility index (Phi) is 5.75. The van der Waals surface area contributed by atoms with Gasteiger partial charge in [-0.1, -0.05) is 25.0 Å². The molecule has 1 amide bonds. The molecule has 0 aromatic heterocycles. The second kappa shape index (κ2) is 7.31.